The van der Waals surface area contributed by atoms with Crippen molar-refractivity contribution in [3.05, 3.63) is 30.3 Å². The second-order valence-electron chi connectivity index (χ2n) is 5.85. The molecular weight excluding hydrogens is 248 g/mol. The Labute approximate surface area is 122 Å². The molecule has 0 bridgehead atoms. The van der Waals surface area contributed by atoms with Crippen LogP contribution in [0.5, 0.6) is 0 Å². The molecule has 0 atom stereocenters. The molecule has 3 heteroatoms. The van der Waals surface area contributed by atoms with Crippen molar-refractivity contribution in [1.29, 1.82) is 0 Å². The molecule has 1 aliphatic rings. The largest absolute Gasteiger partial charge is 0.314 e. The third kappa shape index (κ3) is 4.07. The number of carbonyl (C=O) groups is 1. The van der Waals surface area contributed by atoms with Gasteiger partial charge in [-0.15, -0.1) is 0 Å². The first kappa shape index (κ1) is 15.0. The quantitative estimate of drug-likeness (QED) is 0.786. The van der Waals surface area contributed by atoms with Gasteiger partial charge in [0.15, 0.2) is 0 Å². The van der Waals surface area contributed by atoms with Crippen LogP contribution >= 0.6 is 0 Å². The van der Waals surface area contributed by atoms with Crippen LogP contribution in [0.4, 0.5) is 5.69 Å². The van der Waals surface area contributed by atoms with Crippen LogP contribution in [0.25, 0.3) is 0 Å². The lowest BCUT2D eigenvalue weighted by Gasteiger charge is -2.28. The molecule has 1 saturated carbocycles. The van der Waals surface area contributed by atoms with Gasteiger partial charge in [-0.1, -0.05) is 43.9 Å². The second kappa shape index (κ2) is 7.44. The standard InChI is InChI=1S/C17H26N2O/c1-18(15-10-6-3-4-7-11-15)14-17(20)19(2)16-12-8-5-9-13-16/h5,8-9,12-13,15H,3-4,6-7,10-11,14H2,1-2H3. The zero-order chi connectivity index (χ0) is 14.4. The Morgan fingerprint density at radius 1 is 1.05 bits per heavy atom. The zero-order valence-corrected chi connectivity index (χ0v) is 12.7. The summed E-state index contributed by atoms with van der Waals surface area (Å²) in [6.45, 7) is 0.510. The van der Waals surface area contributed by atoms with Crippen LogP contribution in [0.2, 0.25) is 0 Å². The molecule has 20 heavy (non-hydrogen) atoms. The first-order valence-electron chi connectivity index (χ1n) is 7.70. The zero-order valence-electron chi connectivity index (χ0n) is 12.7. The summed E-state index contributed by atoms with van der Waals surface area (Å²) in [6.07, 6.45) is 7.78. The lowest BCUT2D eigenvalue weighted by atomic mass is 10.1. The highest BCUT2D eigenvalue weighted by Gasteiger charge is 2.20. The van der Waals surface area contributed by atoms with Gasteiger partial charge < -0.3 is 4.90 Å². The van der Waals surface area contributed by atoms with E-state index in [9.17, 15) is 4.79 Å². The normalized spacial score (nSPS) is 16.9. The van der Waals surface area contributed by atoms with Gasteiger partial charge in [0.1, 0.15) is 0 Å². The molecule has 1 fully saturated rings. The topological polar surface area (TPSA) is 23.6 Å². The van der Waals surface area contributed by atoms with Crippen LogP contribution in [-0.2, 0) is 4.79 Å². The van der Waals surface area contributed by atoms with Gasteiger partial charge in [-0.25, -0.2) is 0 Å². The Balaban J connectivity index is 1.89. The third-order valence-corrected chi connectivity index (χ3v) is 4.35. The fourth-order valence-electron chi connectivity index (χ4n) is 2.94. The van der Waals surface area contributed by atoms with Crippen molar-refractivity contribution >= 4 is 11.6 Å². The minimum atomic E-state index is 0.169. The number of carbonyl (C=O) groups excluding carboxylic acids is 1. The van der Waals surface area contributed by atoms with Gasteiger partial charge in [0.2, 0.25) is 5.91 Å². The summed E-state index contributed by atoms with van der Waals surface area (Å²) in [5.41, 5.74) is 0.965. The van der Waals surface area contributed by atoms with Crippen LogP contribution in [0, 0.1) is 0 Å². The summed E-state index contributed by atoms with van der Waals surface area (Å²) in [6, 6.07) is 10.4. The number of amides is 1. The average molecular weight is 274 g/mol. The van der Waals surface area contributed by atoms with Gasteiger partial charge in [0.25, 0.3) is 0 Å². The van der Waals surface area contributed by atoms with E-state index in [1.165, 1.54) is 38.5 Å². The molecule has 3 nitrogen and oxygen atoms in total. The Morgan fingerprint density at radius 2 is 1.65 bits per heavy atom. The summed E-state index contributed by atoms with van der Waals surface area (Å²) in [4.78, 5) is 16.4. The number of nitrogens with zero attached hydrogens (tertiary/aromatic N) is 2. The molecule has 0 saturated heterocycles. The Kier molecular flexibility index (Phi) is 5.60. The van der Waals surface area contributed by atoms with E-state index in [0.717, 1.165) is 5.69 Å². The van der Waals surface area contributed by atoms with Crippen molar-refractivity contribution in [3.8, 4) is 0 Å². The predicted octanol–water partition coefficient (Wildman–Crippen LogP) is 3.30. The van der Waals surface area contributed by atoms with E-state index in [4.69, 9.17) is 0 Å². The molecule has 0 heterocycles. The van der Waals surface area contributed by atoms with Gasteiger partial charge in [-0.2, -0.15) is 0 Å². The SMILES string of the molecule is CN(C(=O)CN(C)C1CCCCCC1)c1ccccc1. The fourth-order valence-corrected chi connectivity index (χ4v) is 2.94. The number of likely N-dealkylation sites (N-methyl/N-ethyl adjacent to an activating group) is 2. The van der Waals surface area contributed by atoms with Crippen LogP contribution in [0.1, 0.15) is 38.5 Å². The minimum Gasteiger partial charge on any atom is -0.314 e. The second-order valence-corrected chi connectivity index (χ2v) is 5.85. The Hall–Kier alpha value is -1.35. The maximum atomic E-state index is 12.4. The molecule has 0 aliphatic heterocycles. The molecule has 1 amide bonds. The van der Waals surface area contributed by atoms with Crippen LogP contribution < -0.4 is 4.90 Å². The summed E-state index contributed by atoms with van der Waals surface area (Å²) < 4.78 is 0. The maximum Gasteiger partial charge on any atom is 0.240 e. The van der Waals surface area contributed by atoms with Crippen molar-refractivity contribution in [3.63, 3.8) is 0 Å². The third-order valence-electron chi connectivity index (χ3n) is 4.35. The number of hydrogen-bond donors (Lipinski definition) is 0. The van der Waals surface area contributed by atoms with Crippen molar-refractivity contribution in [2.75, 3.05) is 25.5 Å². The molecule has 0 N–H and O–H groups in total. The summed E-state index contributed by atoms with van der Waals surface area (Å²) in [5.74, 6) is 0.169. The number of anilines is 1. The lowest BCUT2D eigenvalue weighted by Crippen LogP contribution is -2.41. The number of benzene rings is 1. The van der Waals surface area contributed by atoms with E-state index < -0.39 is 0 Å². The van der Waals surface area contributed by atoms with E-state index in [0.29, 0.717) is 12.6 Å². The maximum absolute atomic E-state index is 12.4. The molecule has 0 spiro atoms. The molecule has 0 unspecified atom stereocenters. The van der Waals surface area contributed by atoms with Crippen molar-refractivity contribution in [1.82, 2.24) is 4.90 Å². The van der Waals surface area contributed by atoms with Gasteiger partial charge in [0.05, 0.1) is 6.54 Å². The lowest BCUT2D eigenvalue weighted by molar-refractivity contribution is -0.119. The van der Waals surface area contributed by atoms with E-state index in [1.807, 2.05) is 37.4 Å². The summed E-state index contributed by atoms with van der Waals surface area (Å²) in [7, 11) is 3.95. The van der Waals surface area contributed by atoms with Gasteiger partial charge in [-0.05, 0) is 32.0 Å². The molecule has 1 aliphatic carbocycles. The van der Waals surface area contributed by atoms with Crippen molar-refractivity contribution < 1.29 is 4.79 Å². The highest BCUT2D eigenvalue weighted by molar-refractivity contribution is 5.94. The van der Waals surface area contributed by atoms with E-state index >= 15 is 0 Å². The first-order valence-corrected chi connectivity index (χ1v) is 7.70. The molecule has 2 rings (SSSR count). The molecule has 1 aromatic carbocycles. The first-order chi connectivity index (χ1) is 9.68. The minimum absolute atomic E-state index is 0.169. The molecular formula is C17H26N2O. The fraction of sp³-hybridized carbons (Fsp3) is 0.588. The molecule has 1 aromatic rings. The Bertz CT molecular complexity index is 410. The average Bonchev–Trinajstić information content (AvgIpc) is 2.76. The predicted molar refractivity (Wildman–Crippen MR) is 84.0 cm³/mol. The smallest absolute Gasteiger partial charge is 0.240 e. The molecule has 110 valence electrons. The van der Waals surface area contributed by atoms with Crippen LogP contribution in [-0.4, -0.2) is 37.5 Å². The van der Waals surface area contributed by atoms with Gasteiger partial charge in [-0.3, -0.25) is 9.69 Å². The highest BCUT2D eigenvalue weighted by atomic mass is 16.2. The highest BCUT2D eigenvalue weighted by Crippen LogP contribution is 2.21. The van der Waals surface area contributed by atoms with E-state index in [-0.39, 0.29) is 5.91 Å². The molecule has 0 aromatic heterocycles. The van der Waals surface area contributed by atoms with Crippen LogP contribution in [0.3, 0.4) is 0 Å². The van der Waals surface area contributed by atoms with E-state index in [1.54, 1.807) is 4.90 Å². The summed E-state index contributed by atoms with van der Waals surface area (Å²) in [5, 5.41) is 0. The Morgan fingerprint density at radius 3 is 2.25 bits per heavy atom. The molecule has 0 radical (unpaired) electrons. The monoisotopic (exact) mass is 274 g/mol. The summed E-state index contributed by atoms with van der Waals surface area (Å²) >= 11 is 0. The van der Waals surface area contributed by atoms with Gasteiger partial charge in [0, 0.05) is 18.8 Å². The number of para-hydroxylation sites is 1. The van der Waals surface area contributed by atoms with Crippen LogP contribution in [0.15, 0.2) is 30.3 Å². The number of hydrogen-bond acceptors (Lipinski definition) is 2. The van der Waals surface area contributed by atoms with Gasteiger partial charge >= 0.3 is 0 Å². The van der Waals surface area contributed by atoms with Crippen molar-refractivity contribution in [2.45, 2.75) is 44.6 Å². The van der Waals surface area contributed by atoms with Crippen molar-refractivity contribution in [2.24, 2.45) is 0 Å². The van der Waals surface area contributed by atoms with E-state index in [2.05, 4.69) is 11.9 Å². The number of rotatable bonds is 4.